The number of hydrogen-bond donors (Lipinski definition) is 2. The van der Waals surface area contributed by atoms with Crippen LogP contribution in [0.1, 0.15) is 31.4 Å². The number of hydrogen-bond acceptors (Lipinski definition) is 4. The highest BCUT2D eigenvalue weighted by Crippen LogP contribution is 2.32. The number of nitrogens with zero attached hydrogens (tertiary/aromatic N) is 3. The van der Waals surface area contributed by atoms with Crippen molar-refractivity contribution in [3.8, 4) is 0 Å². The molecule has 1 saturated heterocycles. The first kappa shape index (κ1) is 18.7. The van der Waals surface area contributed by atoms with E-state index in [-0.39, 0.29) is 31.0 Å². The smallest absolute Gasteiger partial charge is 0.396 e. The van der Waals surface area contributed by atoms with Gasteiger partial charge in [0.15, 0.2) is 0 Å². The molecule has 6 nitrogen and oxygen atoms in total. The monoisotopic (exact) mass is 348 g/mol. The lowest BCUT2D eigenvalue weighted by Gasteiger charge is -2.16. The number of carbonyl (C=O) groups is 1. The summed E-state index contributed by atoms with van der Waals surface area (Å²) in [6.45, 7) is 3.51. The average molecular weight is 348 g/mol. The summed E-state index contributed by atoms with van der Waals surface area (Å²) in [7, 11) is 0. The number of alkyl halides is 3. The fourth-order valence-electron chi connectivity index (χ4n) is 2.94. The molecule has 9 heteroatoms. The Labute approximate surface area is 138 Å². The Bertz CT molecular complexity index is 559. The molecule has 136 valence electrons. The van der Waals surface area contributed by atoms with Crippen LogP contribution in [-0.4, -0.2) is 64.7 Å². The van der Waals surface area contributed by atoms with Gasteiger partial charge in [-0.15, -0.1) is 0 Å². The Morgan fingerprint density at radius 2 is 2.17 bits per heavy atom. The fraction of sp³-hybridized carbons (Fsp3) is 0.733. The number of aliphatic hydroxyl groups excluding tert-OH is 1. The summed E-state index contributed by atoms with van der Waals surface area (Å²) in [6.07, 6.45) is -0.742. The molecule has 1 amide bonds. The van der Waals surface area contributed by atoms with E-state index in [0.717, 1.165) is 5.56 Å². The van der Waals surface area contributed by atoms with Gasteiger partial charge in [0.25, 0.3) is 0 Å². The maximum absolute atomic E-state index is 12.1. The number of nitrogens with one attached hydrogen (secondary N) is 1. The number of carbonyl (C=O) groups excluding carboxylic acids is 1. The van der Waals surface area contributed by atoms with Gasteiger partial charge in [0.05, 0.1) is 12.7 Å². The highest BCUT2D eigenvalue weighted by Gasteiger charge is 2.35. The molecule has 1 aliphatic heterocycles. The Morgan fingerprint density at radius 1 is 1.46 bits per heavy atom. The van der Waals surface area contributed by atoms with E-state index in [2.05, 4.69) is 5.10 Å². The zero-order chi connectivity index (χ0) is 17.9. The summed E-state index contributed by atoms with van der Waals surface area (Å²) in [5.74, 6) is -0.717. The van der Waals surface area contributed by atoms with Gasteiger partial charge in [0.1, 0.15) is 6.54 Å². The third kappa shape index (κ3) is 4.94. The van der Waals surface area contributed by atoms with Crippen molar-refractivity contribution in [1.82, 2.24) is 20.0 Å². The number of aromatic nitrogens is 2. The second-order valence-corrected chi connectivity index (χ2v) is 6.48. The summed E-state index contributed by atoms with van der Waals surface area (Å²) in [4.78, 5) is 13.4. The van der Waals surface area contributed by atoms with Crippen LogP contribution in [0.15, 0.2) is 12.4 Å². The van der Waals surface area contributed by atoms with Crippen molar-refractivity contribution in [2.24, 2.45) is 5.92 Å². The van der Waals surface area contributed by atoms with Crippen molar-refractivity contribution < 1.29 is 23.1 Å². The van der Waals surface area contributed by atoms with Gasteiger partial charge in [-0.2, -0.15) is 18.3 Å². The van der Waals surface area contributed by atoms with E-state index < -0.39 is 18.6 Å². The molecule has 0 radical (unpaired) electrons. The van der Waals surface area contributed by atoms with Gasteiger partial charge in [0.2, 0.25) is 5.91 Å². The molecule has 0 bridgehead atoms. The van der Waals surface area contributed by atoms with Crippen LogP contribution in [0, 0.1) is 5.92 Å². The summed E-state index contributed by atoms with van der Waals surface area (Å²) in [6, 6.07) is 0.219. The van der Waals surface area contributed by atoms with Crippen molar-refractivity contribution >= 4 is 5.91 Å². The van der Waals surface area contributed by atoms with Crippen LogP contribution in [-0.2, 0) is 4.79 Å². The van der Waals surface area contributed by atoms with Gasteiger partial charge in [-0.3, -0.25) is 14.4 Å². The lowest BCUT2D eigenvalue weighted by molar-refractivity contribution is -0.138. The average Bonchev–Trinajstić information content (AvgIpc) is 3.10. The van der Waals surface area contributed by atoms with E-state index in [1.54, 1.807) is 11.1 Å². The van der Waals surface area contributed by atoms with Crippen molar-refractivity contribution in [3.63, 3.8) is 0 Å². The molecular formula is C15H23F3N4O2. The predicted molar refractivity (Wildman–Crippen MR) is 81.4 cm³/mol. The summed E-state index contributed by atoms with van der Waals surface area (Å²) >= 11 is 0. The first-order valence-electron chi connectivity index (χ1n) is 7.90. The highest BCUT2D eigenvalue weighted by molar-refractivity contribution is 5.78. The number of halogens is 3. The van der Waals surface area contributed by atoms with Crippen molar-refractivity contribution in [1.29, 1.82) is 0 Å². The van der Waals surface area contributed by atoms with Gasteiger partial charge < -0.3 is 10.4 Å². The number of rotatable bonds is 6. The van der Waals surface area contributed by atoms with Crippen LogP contribution in [0.25, 0.3) is 0 Å². The number of aliphatic hydroxyl groups is 1. The maximum Gasteiger partial charge on any atom is 0.405 e. The molecule has 1 fully saturated rings. The number of likely N-dealkylation sites (tertiary alicyclic amines) is 1. The lowest BCUT2D eigenvalue weighted by Crippen LogP contribution is -2.40. The van der Waals surface area contributed by atoms with Crippen molar-refractivity contribution in [2.75, 3.05) is 32.8 Å². The molecule has 0 saturated carbocycles. The minimum atomic E-state index is -4.41. The molecule has 2 rings (SSSR count). The zero-order valence-electron chi connectivity index (χ0n) is 13.8. The van der Waals surface area contributed by atoms with Crippen LogP contribution < -0.4 is 5.32 Å². The van der Waals surface area contributed by atoms with Gasteiger partial charge in [-0.05, 0) is 19.4 Å². The molecule has 1 aliphatic rings. The van der Waals surface area contributed by atoms with Gasteiger partial charge in [0, 0.05) is 43.8 Å². The second kappa shape index (κ2) is 7.52. The lowest BCUT2D eigenvalue weighted by atomic mass is 9.92. The van der Waals surface area contributed by atoms with E-state index in [1.807, 2.05) is 30.0 Å². The predicted octanol–water partition coefficient (Wildman–Crippen LogP) is 1.15. The van der Waals surface area contributed by atoms with E-state index in [9.17, 15) is 23.1 Å². The van der Waals surface area contributed by atoms with Crippen LogP contribution in [0.4, 0.5) is 13.2 Å². The van der Waals surface area contributed by atoms with Crippen molar-refractivity contribution in [3.05, 3.63) is 18.0 Å². The molecule has 1 aromatic heterocycles. The van der Waals surface area contributed by atoms with E-state index in [0.29, 0.717) is 13.1 Å². The summed E-state index contributed by atoms with van der Waals surface area (Å²) < 4.78 is 38.2. The molecule has 1 aromatic rings. The Kier molecular flexibility index (Phi) is 5.87. The standard InChI is InChI=1S/C15H23F3N4O2/c1-10(2)22-5-11(3-20-22)13-6-21(4-12(13)8-23)7-14(24)19-9-15(16,17)18/h3,5,10,12-13,23H,4,6-9H2,1-2H3,(H,19,24)/t12-,13-/m0/s1. The molecule has 2 N–H and O–H groups in total. The van der Waals surface area contributed by atoms with Crippen LogP contribution in [0.3, 0.4) is 0 Å². The Morgan fingerprint density at radius 3 is 2.71 bits per heavy atom. The SMILES string of the molecule is CC(C)n1cc([C@@H]2CN(CC(=O)NCC(F)(F)F)C[C@H]2CO)cn1. The van der Waals surface area contributed by atoms with E-state index in [4.69, 9.17) is 0 Å². The molecule has 0 aromatic carbocycles. The molecule has 0 aliphatic carbocycles. The molecule has 0 unspecified atom stereocenters. The van der Waals surface area contributed by atoms with Crippen LogP contribution in [0.2, 0.25) is 0 Å². The van der Waals surface area contributed by atoms with E-state index >= 15 is 0 Å². The number of amides is 1. The largest absolute Gasteiger partial charge is 0.405 e. The molecule has 2 heterocycles. The molecule has 2 atom stereocenters. The third-order valence-electron chi connectivity index (χ3n) is 4.18. The van der Waals surface area contributed by atoms with Gasteiger partial charge >= 0.3 is 6.18 Å². The van der Waals surface area contributed by atoms with Crippen LogP contribution >= 0.6 is 0 Å². The summed E-state index contributed by atoms with van der Waals surface area (Å²) in [5, 5.41) is 15.7. The first-order valence-corrected chi connectivity index (χ1v) is 7.90. The molecular weight excluding hydrogens is 325 g/mol. The van der Waals surface area contributed by atoms with Gasteiger partial charge in [-0.1, -0.05) is 0 Å². The fourth-order valence-corrected chi connectivity index (χ4v) is 2.94. The highest BCUT2D eigenvalue weighted by atomic mass is 19.4. The normalized spacial score (nSPS) is 22.3. The molecule has 0 spiro atoms. The third-order valence-corrected chi connectivity index (χ3v) is 4.18. The molecule has 24 heavy (non-hydrogen) atoms. The second-order valence-electron chi connectivity index (χ2n) is 6.48. The topological polar surface area (TPSA) is 70.4 Å². The Balaban J connectivity index is 1.94. The first-order chi connectivity index (χ1) is 11.2. The maximum atomic E-state index is 12.1. The zero-order valence-corrected chi connectivity index (χ0v) is 13.8. The van der Waals surface area contributed by atoms with E-state index in [1.165, 1.54) is 0 Å². The minimum absolute atomic E-state index is 0.0120. The van der Waals surface area contributed by atoms with Crippen LogP contribution in [0.5, 0.6) is 0 Å². The van der Waals surface area contributed by atoms with Crippen molar-refractivity contribution in [2.45, 2.75) is 32.0 Å². The quantitative estimate of drug-likeness (QED) is 0.809. The van der Waals surface area contributed by atoms with Gasteiger partial charge in [-0.25, -0.2) is 0 Å². The Hall–Kier alpha value is -1.61. The summed E-state index contributed by atoms with van der Waals surface area (Å²) in [5.41, 5.74) is 0.973. The minimum Gasteiger partial charge on any atom is -0.396 e.